The van der Waals surface area contributed by atoms with Gasteiger partial charge in [-0.05, 0) is 18.6 Å². The highest BCUT2D eigenvalue weighted by Crippen LogP contribution is 2.23. The summed E-state index contributed by atoms with van der Waals surface area (Å²) >= 11 is 0. The number of rotatable bonds is 6. The topological polar surface area (TPSA) is 61.5 Å². The van der Waals surface area contributed by atoms with Gasteiger partial charge in [-0.25, -0.2) is 4.79 Å². The van der Waals surface area contributed by atoms with Crippen LogP contribution in [0.5, 0.6) is 5.75 Å². The van der Waals surface area contributed by atoms with Crippen molar-refractivity contribution in [3.05, 3.63) is 23.8 Å². The molecule has 0 amide bonds. The average Bonchev–Trinajstić information content (AvgIpc) is 2.34. The van der Waals surface area contributed by atoms with Gasteiger partial charge in [0, 0.05) is 11.8 Å². The molecule has 2 N–H and O–H groups in total. The average molecular weight is 237 g/mol. The van der Waals surface area contributed by atoms with Gasteiger partial charge in [0.15, 0.2) is 0 Å². The summed E-state index contributed by atoms with van der Waals surface area (Å²) in [6, 6.07) is 4.93. The summed E-state index contributed by atoms with van der Waals surface area (Å²) in [5, 5.41) is 0. The van der Waals surface area contributed by atoms with Crippen LogP contribution < -0.4 is 10.5 Å². The lowest BCUT2D eigenvalue weighted by Crippen LogP contribution is -2.07. The van der Waals surface area contributed by atoms with Crippen LogP contribution in [0.15, 0.2) is 18.2 Å². The number of hydrogen-bond acceptors (Lipinski definition) is 4. The van der Waals surface area contributed by atoms with E-state index in [0.29, 0.717) is 23.6 Å². The molecule has 0 bridgehead atoms. The van der Waals surface area contributed by atoms with Crippen molar-refractivity contribution in [1.82, 2.24) is 0 Å². The molecule has 1 aromatic carbocycles. The van der Waals surface area contributed by atoms with Gasteiger partial charge >= 0.3 is 5.97 Å². The van der Waals surface area contributed by atoms with Crippen LogP contribution in [-0.4, -0.2) is 19.7 Å². The Morgan fingerprint density at radius 3 is 2.76 bits per heavy atom. The van der Waals surface area contributed by atoms with E-state index in [0.717, 1.165) is 19.3 Å². The molecule has 0 unspecified atom stereocenters. The monoisotopic (exact) mass is 237 g/mol. The van der Waals surface area contributed by atoms with Crippen molar-refractivity contribution in [3.63, 3.8) is 0 Å². The number of carbonyl (C=O) groups is 1. The normalized spacial score (nSPS) is 10.0. The maximum Gasteiger partial charge on any atom is 0.341 e. The summed E-state index contributed by atoms with van der Waals surface area (Å²) < 4.78 is 10.2. The maximum absolute atomic E-state index is 11.5. The highest BCUT2D eigenvalue weighted by molar-refractivity contribution is 5.93. The summed E-state index contributed by atoms with van der Waals surface area (Å²) in [6.45, 7) is 2.71. The van der Waals surface area contributed by atoms with Gasteiger partial charge in [-0.3, -0.25) is 0 Å². The molecule has 1 rings (SSSR count). The van der Waals surface area contributed by atoms with Gasteiger partial charge in [0.1, 0.15) is 11.3 Å². The van der Waals surface area contributed by atoms with E-state index in [1.165, 1.54) is 7.11 Å². The zero-order valence-corrected chi connectivity index (χ0v) is 10.4. The van der Waals surface area contributed by atoms with Crippen molar-refractivity contribution in [3.8, 4) is 5.75 Å². The Labute approximate surface area is 102 Å². The largest absolute Gasteiger partial charge is 0.493 e. The smallest absolute Gasteiger partial charge is 0.341 e. The second-order valence-corrected chi connectivity index (χ2v) is 3.80. The zero-order valence-electron chi connectivity index (χ0n) is 10.4. The zero-order chi connectivity index (χ0) is 12.7. The van der Waals surface area contributed by atoms with Crippen molar-refractivity contribution in [2.75, 3.05) is 19.5 Å². The molecule has 1 aromatic rings. The van der Waals surface area contributed by atoms with Crippen LogP contribution >= 0.6 is 0 Å². The maximum atomic E-state index is 11.5. The standard InChI is InChI=1S/C13H19NO3/c1-3-4-5-8-17-12-9-10(14)6-7-11(12)13(15)16-2/h6-7,9H,3-5,8,14H2,1-2H3. The first-order chi connectivity index (χ1) is 8.19. The van der Waals surface area contributed by atoms with Crippen molar-refractivity contribution in [2.45, 2.75) is 26.2 Å². The Morgan fingerprint density at radius 2 is 2.12 bits per heavy atom. The second kappa shape index (κ2) is 6.78. The minimum atomic E-state index is -0.407. The Balaban J connectivity index is 2.73. The number of nitrogens with two attached hydrogens (primary N) is 1. The molecule has 0 atom stereocenters. The minimum Gasteiger partial charge on any atom is -0.493 e. The molecular weight excluding hydrogens is 218 g/mol. The van der Waals surface area contributed by atoms with E-state index in [1.807, 2.05) is 0 Å². The van der Waals surface area contributed by atoms with Crippen LogP contribution in [0, 0.1) is 0 Å². The molecule has 0 fully saturated rings. The minimum absolute atomic E-state index is 0.407. The highest BCUT2D eigenvalue weighted by atomic mass is 16.5. The van der Waals surface area contributed by atoms with Crippen LogP contribution in [0.3, 0.4) is 0 Å². The predicted molar refractivity (Wildman–Crippen MR) is 67.2 cm³/mol. The van der Waals surface area contributed by atoms with E-state index >= 15 is 0 Å². The molecule has 17 heavy (non-hydrogen) atoms. The molecule has 4 heteroatoms. The number of methoxy groups -OCH3 is 1. The van der Waals surface area contributed by atoms with Crippen LogP contribution in [0.25, 0.3) is 0 Å². The number of hydrogen-bond donors (Lipinski definition) is 1. The summed E-state index contributed by atoms with van der Waals surface area (Å²) in [7, 11) is 1.35. The molecular formula is C13H19NO3. The Kier molecular flexibility index (Phi) is 5.33. The van der Waals surface area contributed by atoms with Gasteiger partial charge in [-0.1, -0.05) is 19.8 Å². The molecule has 0 heterocycles. The van der Waals surface area contributed by atoms with E-state index < -0.39 is 5.97 Å². The van der Waals surface area contributed by atoms with Gasteiger partial charge in [0.05, 0.1) is 13.7 Å². The third-order valence-corrected chi connectivity index (χ3v) is 2.42. The molecule has 0 radical (unpaired) electrons. The first-order valence-corrected chi connectivity index (χ1v) is 5.79. The molecule has 0 aliphatic rings. The summed E-state index contributed by atoms with van der Waals surface area (Å²) in [4.78, 5) is 11.5. The van der Waals surface area contributed by atoms with Crippen LogP contribution in [0.1, 0.15) is 36.5 Å². The first kappa shape index (κ1) is 13.4. The van der Waals surface area contributed by atoms with Gasteiger partial charge in [-0.15, -0.1) is 0 Å². The summed E-state index contributed by atoms with van der Waals surface area (Å²) in [5.41, 5.74) is 6.65. The number of unbranched alkanes of at least 4 members (excludes halogenated alkanes) is 2. The lowest BCUT2D eigenvalue weighted by molar-refractivity contribution is 0.0596. The molecule has 4 nitrogen and oxygen atoms in total. The third-order valence-electron chi connectivity index (χ3n) is 2.42. The van der Waals surface area contributed by atoms with Crippen LogP contribution in [-0.2, 0) is 4.74 Å². The Hall–Kier alpha value is -1.71. The lowest BCUT2D eigenvalue weighted by Gasteiger charge is -2.10. The fourth-order valence-electron chi connectivity index (χ4n) is 1.47. The Morgan fingerprint density at radius 1 is 1.35 bits per heavy atom. The molecule has 0 aromatic heterocycles. The molecule has 0 spiro atoms. The van der Waals surface area contributed by atoms with E-state index in [-0.39, 0.29) is 0 Å². The fourth-order valence-corrected chi connectivity index (χ4v) is 1.47. The number of anilines is 1. The number of esters is 1. The fraction of sp³-hybridized carbons (Fsp3) is 0.462. The molecule has 94 valence electrons. The van der Waals surface area contributed by atoms with Gasteiger partial charge in [0.2, 0.25) is 0 Å². The van der Waals surface area contributed by atoms with E-state index in [9.17, 15) is 4.79 Å². The SMILES string of the molecule is CCCCCOc1cc(N)ccc1C(=O)OC. The summed E-state index contributed by atoms with van der Waals surface area (Å²) in [5.74, 6) is 0.0865. The van der Waals surface area contributed by atoms with Gasteiger partial charge in [-0.2, -0.15) is 0 Å². The number of carbonyl (C=O) groups excluding carboxylic acids is 1. The highest BCUT2D eigenvalue weighted by Gasteiger charge is 2.12. The van der Waals surface area contributed by atoms with Gasteiger partial charge < -0.3 is 15.2 Å². The molecule has 0 saturated heterocycles. The van der Waals surface area contributed by atoms with Crippen molar-refractivity contribution in [1.29, 1.82) is 0 Å². The van der Waals surface area contributed by atoms with Crippen LogP contribution in [0.4, 0.5) is 5.69 Å². The summed E-state index contributed by atoms with van der Waals surface area (Å²) in [6.07, 6.45) is 3.20. The first-order valence-electron chi connectivity index (χ1n) is 5.79. The number of benzene rings is 1. The van der Waals surface area contributed by atoms with Gasteiger partial charge in [0.25, 0.3) is 0 Å². The van der Waals surface area contributed by atoms with Crippen molar-refractivity contribution in [2.24, 2.45) is 0 Å². The van der Waals surface area contributed by atoms with E-state index in [1.54, 1.807) is 18.2 Å². The number of ether oxygens (including phenoxy) is 2. The molecule has 0 aliphatic heterocycles. The number of nitrogen functional groups attached to an aromatic ring is 1. The lowest BCUT2D eigenvalue weighted by atomic mass is 10.2. The molecule has 0 saturated carbocycles. The predicted octanol–water partition coefficient (Wildman–Crippen LogP) is 2.62. The quantitative estimate of drug-likeness (QED) is 0.469. The molecule has 0 aliphatic carbocycles. The second-order valence-electron chi connectivity index (χ2n) is 3.80. The van der Waals surface area contributed by atoms with Crippen molar-refractivity contribution >= 4 is 11.7 Å². The van der Waals surface area contributed by atoms with Crippen LogP contribution in [0.2, 0.25) is 0 Å². The van der Waals surface area contributed by atoms with E-state index in [4.69, 9.17) is 10.5 Å². The Bertz CT molecular complexity index is 377. The van der Waals surface area contributed by atoms with Crippen molar-refractivity contribution < 1.29 is 14.3 Å². The third kappa shape index (κ3) is 3.98. The van der Waals surface area contributed by atoms with E-state index in [2.05, 4.69) is 11.7 Å².